The van der Waals surface area contributed by atoms with Crippen molar-refractivity contribution in [3.63, 3.8) is 0 Å². The third-order valence-electron chi connectivity index (χ3n) is 4.53. The lowest BCUT2D eigenvalue weighted by Crippen LogP contribution is -2.22. The molecule has 3 N–H and O–H groups in total. The van der Waals surface area contributed by atoms with E-state index in [1.165, 1.54) is 25.3 Å². The number of ether oxygens (including phenoxy) is 2. The van der Waals surface area contributed by atoms with Crippen molar-refractivity contribution in [3.05, 3.63) is 52.6 Å². The average molecular weight is 370 g/mol. The summed E-state index contributed by atoms with van der Waals surface area (Å²) < 4.78 is 11.4. The molecule has 1 unspecified atom stereocenters. The maximum absolute atomic E-state index is 12.7. The molecular weight excluding hydrogens is 348 g/mol. The van der Waals surface area contributed by atoms with Gasteiger partial charge in [0.15, 0.2) is 5.78 Å². The van der Waals surface area contributed by atoms with Crippen molar-refractivity contribution in [2.45, 2.75) is 32.8 Å². The number of hydrogen-bond acceptors (Lipinski definition) is 6. The minimum absolute atomic E-state index is 0.00849. The molecule has 3 rings (SSSR count). The SMILES string of the molecule is COc1cc(O)ccc1C1CC(=O)c2c(O)cc(O)c(CC=C(C)C)c2O1. The molecule has 0 aromatic heterocycles. The second-order valence-corrected chi connectivity index (χ2v) is 6.74. The van der Waals surface area contributed by atoms with Crippen LogP contribution in [0.1, 0.15) is 47.9 Å². The summed E-state index contributed by atoms with van der Waals surface area (Å²) in [5.41, 5.74) is 2.18. The largest absolute Gasteiger partial charge is 0.508 e. The van der Waals surface area contributed by atoms with Gasteiger partial charge in [-0.25, -0.2) is 0 Å². The first-order valence-corrected chi connectivity index (χ1v) is 8.59. The van der Waals surface area contributed by atoms with Gasteiger partial charge in [0.05, 0.1) is 13.5 Å². The summed E-state index contributed by atoms with van der Waals surface area (Å²) in [4.78, 5) is 12.7. The first kappa shape index (κ1) is 18.6. The average Bonchev–Trinajstić information content (AvgIpc) is 2.60. The third kappa shape index (κ3) is 3.56. The van der Waals surface area contributed by atoms with Crippen LogP contribution in [0.5, 0.6) is 28.7 Å². The lowest BCUT2D eigenvalue weighted by molar-refractivity contribution is 0.0839. The number of aromatic hydroxyl groups is 3. The van der Waals surface area contributed by atoms with Crippen molar-refractivity contribution in [2.24, 2.45) is 0 Å². The van der Waals surface area contributed by atoms with Gasteiger partial charge >= 0.3 is 0 Å². The van der Waals surface area contributed by atoms with E-state index in [-0.39, 0.29) is 40.8 Å². The van der Waals surface area contributed by atoms with E-state index in [2.05, 4.69) is 0 Å². The van der Waals surface area contributed by atoms with Gasteiger partial charge < -0.3 is 24.8 Å². The molecule has 1 atom stereocenters. The second-order valence-electron chi connectivity index (χ2n) is 6.74. The minimum atomic E-state index is -0.660. The Hall–Kier alpha value is -3.15. The van der Waals surface area contributed by atoms with Gasteiger partial charge in [-0.05, 0) is 32.4 Å². The number of phenolic OH excluding ortho intramolecular Hbond substituents is 3. The van der Waals surface area contributed by atoms with Crippen LogP contribution in [0.3, 0.4) is 0 Å². The number of ketones is 1. The molecule has 0 amide bonds. The predicted molar refractivity (Wildman–Crippen MR) is 99.9 cm³/mol. The zero-order valence-electron chi connectivity index (χ0n) is 15.4. The van der Waals surface area contributed by atoms with Crippen LogP contribution in [-0.2, 0) is 6.42 Å². The number of allylic oxidation sites excluding steroid dienone is 2. The Labute approximate surface area is 157 Å². The molecular formula is C21H22O6. The van der Waals surface area contributed by atoms with E-state index in [1.807, 2.05) is 19.9 Å². The van der Waals surface area contributed by atoms with Crippen LogP contribution in [0.4, 0.5) is 0 Å². The summed E-state index contributed by atoms with van der Waals surface area (Å²) >= 11 is 0. The fourth-order valence-electron chi connectivity index (χ4n) is 3.17. The van der Waals surface area contributed by atoms with Crippen LogP contribution in [0.2, 0.25) is 0 Å². The van der Waals surface area contributed by atoms with Crippen LogP contribution in [-0.4, -0.2) is 28.2 Å². The molecule has 2 aromatic carbocycles. The Kier molecular flexibility index (Phi) is 4.99. The van der Waals surface area contributed by atoms with Crippen LogP contribution in [0.25, 0.3) is 0 Å². The van der Waals surface area contributed by atoms with Gasteiger partial charge in [0, 0.05) is 23.3 Å². The zero-order chi connectivity index (χ0) is 19.7. The molecule has 1 heterocycles. The summed E-state index contributed by atoms with van der Waals surface area (Å²) in [5.74, 6) is -0.0997. The Bertz CT molecular complexity index is 925. The smallest absolute Gasteiger partial charge is 0.174 e. The molecule has 0 radical (unpaired) electrons. The minimum Gasteiger partial charge on any atom is -0.508 e. The molecule has 1 aliphatic heterocycles. The normalized spacial score (nSPS) is 15.7. The van der Waals surface area contributed by atoms with Crippen molar-refractivity contribution in [3.8, 4) is 28.7 Å². The van der Waals surface area contributed by atoms with Crippen LogP contribution in [0.15, 0.2) is 35.9 Å². The number of carbonyl (C=O) groups is 1. The molecule has 0 saturated heterocycles. The first-order chi connectivity index (χ1) is 12.8. The molecule has 0 spiro atoms. The zero-order valence-corrected chi connectivity index (χ0v) is 15.4. The third-order valence-corrected chi connectivity index (χ3v) is 4.53. The van der Waals surface area contributed by atoms with E-state index in [4.69, 9.17) is 9.47 Å². The summed E-state index contributed by atoms with van der Waals surface area (Å²) in [6.45, 7) is 3.86. The van der Waals surface area contributed by atoms with E-state index in [1.54, 1.807) is 6.07 Å². The summed E-state index contributed by atoms with van der Waals surface area (Å²) in [6, 6.07) is 5.75. The highest BCUT2D eigenvalue weighted by Crippen LogP contribution is 2.46. The highest BCUT2D eigenvalue weighted by molar-refractivity contribution is 6.03. The highest BCUT2D eigenvalue weighted by Gasteiger charge is 2.34. The number of rotatable bonds is 4. The molecule has 0 bridgehead atoms. The number of phenols is 3. The molecule has 2 aromatic rings. The molecule has 6 heteroatoms. The monoisotopic (exact) mass is 370 g/mol. The molecule has 1 aliphatic rings. The van der Waals surface area contributed by atoms with Crippen LogP contribution >= 0.6 is 0 Å². The lowest BCUT2D eigenvalue weighted by Gasteiger charge is -2.29. The lowest BCUT2D eigenvalue weighted by atomic mass is 9.92. The van der Waals surface area contributed by atoms with Crippen molar-refractivity contribution in [2.75, 3.05) is 7.11 Å². The Morgan fingerprint density at radius 2 is 1.96 bits per heavy atom. The molecule has 142 valence electrons. The van der Waals surface area contributed by atoms with Gasteiger partial charge in [-0.15, -0.1) is 0 Å². The molecule has 0 saturated carbocycles. The van der Waals surface area contributed by atoms with Crippen molar-refractivity contribution < 1.29 is 29.6 Å². The number of benzene rings is 2. The number of hydrogen-bond donors (Lipinski definition) is 3. The Balaban J connectivity index is 2.10. The van der Waals surface area contributed by atoms with Crippen LogP contribution in [0, 0.1) is 0 Å². The number of methoxy groups -OCH3 is 1. The van der Waals surface area contributed by atoms with E-state index < -0.39 is 6.10 Å². The van der Waals surface area contributed by atoms with E-state index >= 15 is 0 Å². The van der Waals surface area contributed by atoms with Gasteiger partial charge in [-0.3, -0.25) is 4.79 Å². The Morgan fingerprint density at radius 1 is 1.22 bits per heavy atom. The maximum Gasteiger partial charge on any atom is 0.174 e. The molecule has 0 aliphatic carbocycles. The van der Waals surface area contributed by atoms with Gasteiger partial charge in [0.25, 0.3) is 0 Å². The number of fused-ring (bicyclic) bond motifs is 1. The van der Waals surface area contributed by atoms with E-state index in [9.17, 15) is 20.1 Å². The summed E-state index contributed by atoms with van der Waals surface area (Å²) in [6.07, 6.45) is 1.62. The molecule has 27 heavy (non-hydrogen) atoms. The first-order valence-electron chi connectivity index (χ1n) is 8.59. The summed E-state index contributed by atoms with van der Waals surface area (Å²) in [5, 5.41) is 30.1. The van der Waals surface area contributed by atoms with Gasteiger partial charge in [-0.2, -0.15) is 0 Å². The number of Topliss-reactive ketones (excluding diaryl/α,β-unsaturated/α-hetero) is 1. The van der Waals surface area contributed by atoms with Crippen molar-refractivity contribution >= 4 is 5.78 Å². The van der Waals surface area contributed by atoms with Crippen molar-refractivity contribution in [1.82, 2.24) is 0 Å². The fourth-order valence-corrected chi connectivity index (χ4v) is 3.17. The Morgan fingerprint density at radius 3 is 2.63 bits per heavy atom. The number of carbonyl (C=O) groups excluding carboxylic acids is 1. The molecule has 0 fully saturated rings. The van der Waals surface area contributed by atoms with Gasteiger partial charge in [0.2, 0.25) is 0 Å². The highest BCUT2D eigenvalue weighted by atomic mass is 16.5. The maximum atomic E-state index is 12.7. The fraction of sp³-hybridized carbons (Fsp3) is 0.286. The van der Waals surface area contributed by atoms with E-state index in [0.717, 1.165) is 5.57 Å². The standard InChI is InChI=1S/C21H22O6/c1-11(2)4-6-13-15(23)9-16(24)20-17(25)10-19(27-21(13)20)14-7-5-12(22)8-18(14)26-3/h4-5,7-9,19,22-24H,6,10H2,1-3H3. The quantitative estimate of drug-likeness (QED) is 0.703. The summed E-state index contributed by atoms with van der Waals surface area (Å²) in [7, 11) is 1.47. The molecule has 6 nitrogen and oxygen atoms in total. The van der Waals surface area contributed by atoms with Crippen molar-refractivity contribution in [1.29, 1.82) is 0 Å². The van der Waals surface area contributed by atoms with E-state index in [0.29, 0.717) is 23.3 Å². The van der Waals surface area contributed by atoms with Gasteiger partial charge in [-0.1, -0.05) is 11.6 Å². The van der Waals surface area contributed by atoms with Gasteiger partial charge in [0.1, 0.15) is 40.4 Å². The second kappa shape index (κ2) is 7.23. The predicted octanol–water partition coefficient (Wildman–Crippen LogP) is 4.03. The van der Waals surface area contributed by atoms with Crippen LogP contribution < -0.4 is 9.47 Å². The topological polar surface area (TPSA) is 96.2 Å².